The van der Waals surface area contributed by atoms with Crippen LogP contribution in [0, 0.1) is 6.92 Å². The first kappa shape index (κ1) is 17.7. The van der Waals surface area contributed by atoms with Gasteiger partial charge in [0.05, 0.1) is 21.8 Å². The van der Waals surface area contributed by atoms with Crippen LogP contribution in [0.2, 0.25) is 5.02 Å². The lowest BCUT2D eigenvalue weighted by atomic mass is 10.2. The van der Waals surface area contributed by atoms with Gasteiger partial charge in [-0.05, 0) is 42.8 Å². The highest BCUT2D eigenvalue weighted by Gasteiger charge is 2.17. The van der Waals surface area contributed by atoms with Crippen LogP contribution in [0.3, 0.4) is 0 Å². The molecule has 0 fully saturated rings. The molecule has 1 aromatic heterocycles. The average Bonchev–Trinajstić information content (AvgIpc) is 3.06. The number of halogens is 1. The Labute approximate surface area is 155 Å². The number of nitrogens with zero attached hydrogens (tertiary/aromatic N) is 1. The van der Waals surface area contributed by atoms with E-state index < -0.39 is 10.0 Å². The van der Waals surface area contributed by atoms with E-state index in [1.54, 1.807) is 48.8 Å². The molecule has 0 unspecified atom stereocenters. The predicted octanol–water partition coefficient (Wildman–Crippen LogP) is 4.48. The number of hydrogen-bond donors (Lipinski definition) is 1. The van der Waals surface area contributed by atoms with Crippen molar-refractivity contribution >= 4 is 38.6 Å². The number of hydrogen-bond acceptors (Lipinski definition) is 5. The first-order valence-electron chi connectivity index (χ1n) is 7.33. The van der Waals surface area contributed by atoms with Crippen LogP contribution in [-0.4, -0.2) is 13.4 Å². The molecule has 0 bridgehead atoms. The number of ether oxygens (including phenoxy) is 1. The van der Waals surface area contributed by atoms with Crippen LogP contribution < -0.4 is 9.46 Å². The summed E-state index contributed by atoms with van der Waals surface area (Å²) in [6, 6.07) is 11.4. The Balaban J connectivity index is 1.76. The fraction of sp³-hybridized carbons (Fsp3) is 0.118. The quantitative estimate of drug-likeness (QED) is 0.669. The van der Waals surface area contributed by atoms with Gasteiger partial charge in [0.2, 0.25) is 0 Å². The van der Waals surface area contributed by atoms with Gasteiger partial charge in [-0.25, -0.2) is 13.4 Å². The molecule has 0 aliphatic rings. The Hall–Kier alpha value is -2.09. The summed E-state index contributed by atoms with van der Waals surface area (Å²) in [5.74, 6) is 0.557. The van der Waals surface area contributed by atoms with Crippen LogP contribution in [0.5, 0.6) is 5.75 Å². The number of anilines is 1. The molecular weight excluding hydrogens is 380 g/mol. The second kappa shape index (κ2) is 7.43. The smallest absolute Gasteiger partial charge is 0.262 e. The molecule has 3 aromatic rings. The third-order valence-corrected chi connectivity index (χ3v) is 5.79. The Bertz CT molecular complexity index is 973. The number of aryl methyl sites for hydroxylation is 1. The zero-order chi connectivity index (χ0) is 17.9. The van der Waals surface area contributed by atoms with Crippen LogP contribution in [0.25, 0.3) is 0 Å². The topological polar surface area (TPSA) is 68.3 Å². The molecule has 130 valence electrons. The normalized spacial score (nSPS) is 11.3. The van der Waals surface area contributed by atoms with Crippen LogP contribution in [0.15, 0.2) is 58.3 Å². The summed E-state index contributed by atoms with van der Waals surface area (Å²) in [5.41, 5.74) is 3.56. The number of nitrogens with one attached hydrogen (secondary N) is 1. The summed E-state index contributed by atoms with van der Waals surface area (Å²) in [4.78, 5) is 4.33. The molecule has 3 rings (SSSR count). The highest BCUT2D eigenvalue weighted by Crippen LogP contribution is 2.24. The molecule has 0 saturated carbocycles. The first-order valence-corrected chi connectivity index (χ1v) is 10.1. The van der Waals surface area contributed by atoms with Gasteiger partial charge < -0.3 is 4.74 Å². The number of thiazole rings is 1. The van der Waals surface area contributed by atoms with Crippen LogP contribution in [-0.2, 0) is 16.6 Å². The summed E-state index contributed by atoms with van der Waals surface area (Å²) < 4.78 is 33.4. The standard InChI is InChI=1S/C17H15ClN2O3S2/c1-12-7-13(18)5-6-17(12)25(21,22)20-14-3-2-4-16(8-14)23-9-15-10-24-11-19-15/h2-8,10-11,20H,9H2,1H3. The maximum absolute atomic E-state index is 12.6. The Morgan fingerprint density at radius 1 is 1.24 bits per heavy atom. The van der Waals surface area contributed by atoms with E-state index in [2.05, 4.69) is 9.71 Å². The summed E-state index contributed by atoms with van der Waals surface area (Å²) in [6.07, 6.45) is 0. The van der Waals surface area contributed by atoms with E-state index in [-0.39, 0.29) is 4.90 Å². The van der Waals surface area contributed by atoms with E-state index in [1.165, 1.54) is 17.4 Å². The number of sulfonamides is 1. The third kappa shape index (κ3) is 4.50. The van der Waals surface area contributed by atoms with Crippen molar-refractivity contribution in [2.24, 2.45) is 0 Å². The van der Waals surface area contributed by atoms with Crippen LogP contribution >= 0.6 is 22.9 Å². The van der Waals surface area contributed by atoms with Gasteiger partial charge in [0.1, 0.15) is 12.4 Å². The first-order chi connectivity index (χ1) is 11.9. The van der Waals surface area contributed by atoms with Gasteiger partial charge in [0, 0.05) is 16.5 Å². The summed E-state index contributed by atoms with van der Waals surface area (Å²) in [6.45, 7) is 2.03. The van der Waals surface area contributed by atoms with Gasteiger partial charge in [-0.2, -0.15) is 0 Å². The second-order valence-electron chi connectivity index (χ2n) is 5.31. The van der Waals surface area contributed by atoms with Crippen LogP contribution in [0.4, 0.5) is 5.69 Å². The van der Waals surface area contributed by atoms with Crippen molar-refractivity contribution in [3.8, 4) is 5.75 Å². The number of aromatic nitrogens is 1. The Morgan fingerprint density at radius 3 is 2.80 bits per heavy atom. The van der Waals surface area contributed by atoms with Crippen molar-refractivity contribution in [1.82, 2.24) is 4.98 Å². The molecule has 0 atom stereocenters. The number of rotatable bonds is 6. The molecule has 2 aromatic carbocycles. The van der Waals surface area contributed by atoms with E-state index in [0.29, 0.717) is 28.6 Å². The van der Waals surface area contributed by atoms with E-state index >= 15 is 0 Å². The van der Waals surface area contributed by atoms with E-state index in [9.17, 15) is 8.42 Å². The van der Waals surface area contributed by atoms with Crippen molar-refractivity contribution in [2.45, 2.75) is 18.4 Å². The molecule has 8 heteroatoms. The van der Waals surface area contributed by atoms with E-state index in [4.69, 9.17) is 16.3 Å². The lowest BCUT2D eigenvalue weighted by Crippen LogP contribution is -2.14. The minimum Gasteiger partial charge on any atom is -0.487 e. The van der Waals surface area contributed by atoms with Gasteiger partial charge in [0.25, 0.3) is 10.0 Å². The summed E-state index contributed by atoms with van der Waals surface area (Å²) in [7, 11) is -3.71. The maximum atomic E-state index is 12.6. The largest absolute Gasteiger partial charge is 0.487 e. The average molecular weight is 395 g/mol. The monoisotopic (exact) mass is 394 g/mol. The van der Waals surface area contributed by atoms with Gasteiger partial charge in [0.15, 0.2) is 0 Å². The number of benzene rings is 2. The molecule has 1 heterocycles. The van der Waals surface area contributed by atoms with Crippen molar-refractivity contribution in [1.29, 1.82) is 0 Å². The molecule has 0 saturated heterocycles. The molecular formula is C17H15ClN2O3S2. The molecule has 0 spiro atoms. The lowest BCUT2D eigenvalue weighted by molar-refractivity contribution is 0.302. The lowest BCUT2D eigenvalue weighted by Gasteiger charge is -2.12. The van der Waals surface area contributed by atoms with Gasteiger partial charge in [-0.3, -0.25) is 4.72 Å². The van der Waals surface area contributed by atoms with Gasteiger partial charge >= 0.3 is 0 Å². The highest BCUT2D eigenvalue weighted by molar-refractivity contribution is 7.92. The molecule has 1 N–H and O–H groups in total. The fourth-order valence-electron chi connectivity index (χ4n) is 2.24. The molecule has 0 amide bonds. The summed E-state index contributed by atoms with van der Waals surface area (Å²) >= 11 is 7.38. The Kier molecular flexibility index (Phi) is 5.27. The minimum atomic E-state index is -3.71. The van der Waals surface area contributed by atoms with Crippen molar-refractivity contribution < 1.29 is 13.2 Å². The van der Waals surface area contributed by atoms with E-state index in [0.717, 1.165) is 5.69 Å². The van der Waals surface area contributed by atoms with Crippen molar-refractivity contribution in [2.75, 3.05) is 4.72 Å². The van der Waals surface area contributed by atoms with Gasteiger partial charge in [-0.15, -0.1) is 11.3 Å². The predicted molar refractivity (Wildman–Crippen MR) is 99.9 cm³/mol. The van der Waals surface area contributed by atoms with E-state index in [1.807, 2.05) is 5.38 Å². The van der Waals surface area contributed by atoms with Crippen LogP contribution in [0.1, 0.15) is 11.3 Å². The summed E-state index contributed by atoms with van der Waals surface area (Å²) in [5, 5.41) is 2.39. The van der Waals surface area contributed by atoms with Crippen molar-refractivity contribution in [3.63, 3.8) is 0 Å². The third-order valence-electron chi connectivity index (χ3n) is 3.38. The molecule has 0 aliphatic heterocycles. The molecule has 0 aliphatic carbocycles. The van der Waals surface area contributed by atoms with Gasteiger partial charge in [-0.1, -0.05) is 17.7 Å². The Morgan fingerprint density at radius 2 is 2.08 bits per heavy atom. The minimum absolute atomic E-state index is 0.186. The zero-order valence-electron chi connectivity index (χ0n) is 13.3. The second-order valence-corrected chi connectivity index (χ2v) is 8.12. The molecule has 0 radical (unpaired) electrons. The van der Waals surface area contributed by atoms with Crippen molar-refractivity contribution in [3.05, 3.63) is 69.6 Å². The fourth-order valence-corrected chi connectivity index (χ4v) is 4.29. The molecule has 5 nitrogen and oxygen atoms in total. The zero-order valence-corrected chi connectivity index (χ0v) is 15.7. The molecule has 25 heavy (non-hydrogen) atoms. The SMILES string of the molecule is Cc1cc(Cl)ccc1S(=O)(=O)Nc1cccc(OCc2cscn2)c1. The maximum Gasteiger partial charge on any atom is 0.262 e. The highest BCUT2D eigenvalue weighted by atomic mass is 35.5.